The molecule has 0 spiro atoms. The summed E-state index contributed by atoms with van der Waals surface area (Å²) in [5, 5.41) is 3.04. The van der Waals surface area contributed by atoms with Crippen molar-refractivity contribution in [1.82, 2.24) is 19.2 Å². The molecule has 1 aromatic heterocycles. The Hall–Kier alpha value is -3.17. The molecule has 9 heteroatoms. The minimum absolute atomic E-state index is 0.178. The van der Waals surface area contributed by atoms with Crippen molar-refractivity contribution < 1.29 is 17.9 Å². The first-order chi connectivity index (χ1) is 16.3. The molecule has 2 aromatic carbocycles. The maximum absolute atomic E-state index is 13.4. The zero-order valence-electron chi connectivity index (χ0n) is 19.7. The van der Waals surface area contributed by atoms with Crippen molar-refractivity contribution in [2.75, 3.05) is 20.2 Å². The van der Waals surface area contributed by atoms with E-state index in [-0.39, 0.29) is 16.4 Å². The smallest absolute Gasteiger partial charge is 0.252 e. The lowest BCUT2D eigenvalue weighted by Gasteiger charge is -2.26. The van der Waals surface area contributed by atoms with Crippen LogP contribution in [0.3, 0.4) is 0 Å². The van der Waals surface area contributed by atoms with Gasteiger partial charge in [0.25, 0.3) is 5.91 Å². The van der Waals surface area contributed by atoms with Crippen LogP contribution in [0, 0.1) is 6.92 Å². The third-order valence-electron chi connectivity index (χ3n) is 6.20. The van der Waals surface area contributed by atoms with E-state index in [2.05, 4.69) is 10.3 Å². The van der Waals surface area contributed by atoms with Crippen LogP contribution >= 0.6 is 0 Å². The van der Waals surface area contributed by atoms with Crippen molar-refractivity contribution in [3.8, 4) is 5.75 Å². The molecule has 34 heavy (non-hydrogen) atoms. The highest BCUT2D eigenvalue weighted by Crippen LogP contribution is 2.27. The highest BCUT2D eigenvalue weighted by molar-refractivity contribution is 7.89. The number of rotatable bonds is 7. The Kier molecular flexibility index (Phi) is 7.04. The lowest BCUT2D eigenvalue weighted by atomic mass is 10.0. The van der Waals surface area contributed by atoms with E-state index in [9.17, 15) is 13.2 Å². The van der Waals surface area contributed by atoms with Gasteiger partial charge in [0.05, 0.1) is 12.0 Å². The van der Waals surface area contributed by atoms with Crippen molar-refractivity contribution in [2.24, 2.45) is 7.05 Å². The van der Waals surface area contributed by atoms with Gasteiger partial charge in [-0.2, -0.15) is 4.31 Å². The van der Waals surface area contributed by atoms with Crippen LogP contribution in [0.25, 0.3) is 0 Å². The Balaban J connectivity index is 1.67. The fraction of sp³-hybridized carbons (Fsp3) is 0.360. The normalized spacial score (nSPS) is 15.6. The molecule has 0 aliphatic carbocycles. The van der Waals surface area contributed by atoms with E-state index in [1.807, 2.05) is 42.1 Å². The lowest BCUT2D eigenvalue weighted by molar-refractivity contribution is 0.0941. The van der Waals surface area contributed by atoms with Crippen LogP contribution in [0.1, 0.15) is 52.6 Å². The van der Waals surface area contributed by atoms with Gasteiger partial charge in [-0.1, -0.05) is 24.6 Å². The van der Waals surface area contributed by atoms with E-state index in [1.165, 1.54) is 10.4 Å². The van der Waals surface area contributed by atoms with E-state index in [0.717, 1.165) is 24.8 Å². The third-order valence-corrected chi connectivity index (χ3v) is 8.24. The molecule has 1 saturated heterocycles. The maximum Gasteiger partial charge on any atom is 0.252 e. The molecule has 180 valence electrons. The van der Waals surface area contributed by atoms with Gasteiger partial charge in [-0.15, -0.1) is 0 Å². The molecular weight excluding hydrogens is 452 g/mol. The Morgan fingerprint density at radius 2 is 1.88 bits per heavy atom. The molecule has 0 saturated carbocycles. The lowest BCUT2D eigenvalue weighted by Crippen LogP contribution is -2.36. The topological polar surface area (TPSA) is 93.5 Å². The number of piperidine rings is 1. The molecule has 2 heterocycles. The quantitative estimate of drug-likeness (QED) is 0.557. The zero-order chi connectivity index (χ0) is 24.3. The molecule has 1 N–H and O–H groups in total. The second kappa shape index (κ2) is 9.99. The van der Waals surface area contributed by atoms with Gasteiger partial charge in [-0.3, -0.25) is 4.79 Å². The average Bonchev–Trinajstić information content (AvgIpc) is 3.28. The number of benzene rings is 2. The second-order valence-electron chi connectivity index (χ2n) is 8.52. The van der Waals surface area contributed by atoms with Crippen LogP contribution in [0.2, 0.25) is 0 Å². The van der Waals surface area contributed by atoms with Crippen LogP contribution < -0.4 is 10.1 Å². The van der Waals surface area contributed by atoms with Crippen LogP contribution in [-0.4, -0.2) is 48.4 Å². The Labute approximate surface area is 200 Å². The number of sulfonamides is 1. The summed E-state index contributed by atoms with van der Waals surface area (Å²) in [5.74, 6) is 0.928. The van der Waals surface area contributed by atoms with E-state index in [1.54, 1.807) is 32.4 Å². The first-order valence-electron chi connectivity index (χ1n) is 11.3. The predicted octanol–water partition coefficient (Wildman–Crippen LogP) is 3.43. The second-order valence-corrected chi connectivity index (χ2v) is 10.4. The van der Waals surface area contributed by atoms with Crippen molar-refractivity contribution in [3.05, 3.63) is 77.4 Å². The molecule has 3 aromatic rings. The van der Waals surface area contributed by atoms with Gasteiger partial charge in [0, 0.05) is 38.1 Å². The summed E-state index contributed by atoms with van der Waals surface area (Å²) in [6, 6.07) is 11.7. The van der Waals surface area contributed by atoms with Crippen molar-refractivity contribution >= 4 is 15.9 Å². The molecular formula is C25H30N4O4S. The Morgan fingerprint density at radius 1 is 1.12 bits per heavy atom. The highest BCUT2D eigenvalue weighted by atomic mass is 32.2. The van der Waals surface area contributed by atoms with Gasteiger partial charge in [-0.05, 0) is 55.2 Å². The van der Waals surface area contributed by atoms with Crippen molar-refractivity contribution in [2.45, 2.75) is 37.1 Å². The molecule has 1 unspecified atom stereocenters. The third kappa shape index (κ3) is 4.85. The maximum atomic E-state index is 13.4. The number of nitrogens with zero attached hydrogens (tertiary/aromatic N) is 3. The number of imidazole rings is 1. The number of methoxy groups -OCH3 is 1. The molecule has 1 aliphatic heterocycles. The fourth-order valence-corrected chi connectivity index (χ4v) is 6.02. The van der Waals surface area contributed by atoms with Crippen LogP contribution in [-0.2, 0) is 17.1 Å². The molecule has 1 atom stereocenters. The fourth-order valence-electron chi connectivity index (χ4n) is 4.25. The number of aromatic nitrogens is 2. The average molecular weight is 483 g/mol. The van der Waals surface area contributed by atoms with Crippen LogP contribution in [0.5, 0.6) is 5.75 Å². The molecule has 1 fully saturated rings. The summed E-state index contributed by atoms with van der Waals surface area (Å²) >= 11 is 0. The van der Waals surface area contributed by atoms with Crippen molar-refractivity contribution in [1.29, 1.82) is 0 Å². The van der Waals surface area contributed by atoms with E-state index < -0.39 is 16.1 Å². The number of carbonyl (C=O) groups excluding carboxylic acids is 1. The van der Waals surface area contributed by atoms with Gasteiger partial charge in [0.1, 0.15) is 17.6 Å². The van der Waals surface area contributed by atoms with Gasteiger partial charge in [-0.25, -0.2) is 13.4 Å². The molecule has 4 rings (SSSR count). The molecule has 8 nitrogen and oxygen atoms in total. The zero-order valence-corrected chi connectivity index (χ0v) is 20.5. The minimum atomic E-state index is -3.67. The van der Waals surface area contributed by atoms with Gasteiger partial charge in [0.2, 0.25) is 10.0 Å². The largest absolute Gasteiger partial charge is 0.497 e. The number of amides is 1. The van der Waals surface area contributed by atoms with Gasteiger partial charge >= 0.3 is 0 Å². The number of ether oxygens (including phenoxy) is 1. The molecule has 0 radical (unpaired) electrons. The van der Waals surface area contributed by atoms with Crippen molar-refractivity contribution in [3.63, 3.8) is 0 Å². The number of hydrogen-bond acceptors (Lipinski definition) is 5. The first-order valence-corrected chi connectivity index (χ1v) is 12.8. The summed E-state index contributed by atoms with van der Waals surface area (Å²) < 4.78 is 35.3. The summed E-state index contributed by atoms with van der Waals surface area (Å²) in [6.07, 6.45) is 6.22. The molecule has 1 amide bonds. The Bertz CT molecular complexity index is 1280. The summed E-state index contributed by atoms with van der Waals surface area (Å²) in [6.45, 7) is 2.77. The monoisotopic (exact) mass is 482 g/mol. The summed E-state index contributed by atoms with van der Waals surface area (Å²) in [4.78, 5) is 18.0. The molecule has 1 aliphatic rings. The Morgan fingerprint density at radius 3 is 2.56 bits per heavy atom. The van der Waals surface area contributed by atoms with Crippen LogP contribution in [0.4, 0.5) is 0 Å². The molecule has 0 bridgehead atoms. The van der Waals surface area contributed by atoms with Gasteiger partial charge < -0.3 is 14.6 Å². The minimum Gasteiger partial charge on any atom is -0.497 e. The van der Waals surface area contributed by atoms with Gasteiger partial charge in [0.15, 0.2) is 0 Å². The number of aryl methyl sites for hydroxylation is 2. The summed E-state index contributed by atoms with van der Waals surface area (Å²) in [7, 11) is -0.223. The first kappa shape index (κ1) is 24.0. The van der Waals surface area contributed by atoms with E-state index >= 15 is 0 Å². The highest BCUT2D eigenvalue weighted by Gasteiger charge is 2.29. The predicted molar refractivity (Wildman–Crippen MR) is 129 cm³/mol. The van der Waals surface area contributed by atoms with E-state index in [4.69, 9.17) is 4.74 Å². The SMILES string of the molecule is COc1cccc(C(NC(=O)c2ccc(C)c(S(=O)(=O)N3CCCCC3)c2)c2nccn2C)c1. The van der Waals surface area contributed by atoms with Crippen LogP contribution in [0.15, 0.2) is 59.8 Å². The van der Waals surface area contributed by atoms with E-state index in [0.29, 0.717) is 30.2 Å². The summed E-state index contributed by atoms with van der Waals surface area (Å²) in [5.41, 5.74) is 1.70. The number of hydrogen-bond donors (Lipinski definition) is 1. The number of carbonyl (C=O) groups is 1. The number of nitrogens with one attached hydrogen (secondary N) is 1. The standard InChI is InChI=1S/C25H30N4O4S/c1-18-10-11-20(17-22(18)34(31,32)29-13-5-4-6-14-29)25(30)27-23(24-26-12-15-28(24)2)19-8-7-9-21(16-19)33-3/h7-12,15-17,23H,4-6,13-14H2,1-3H3,(H,27,30).